The van der Waals surface area contributed by atoms with Crippen molar-refractivity contribution in [3.63, 3.8) is 0 Å². The number of carbonyl (C=O) groups is 1. The number of rotatable bonds is 3. The molecule has 0 bridgehead atoms. The predicted molar refractivity (Wildman–Crippen MR) is 69.5 cm³/mol. The van der Waals surface area contributed by atoms with Crippen molar-refractivity contribution in [1.29, 1.82) is 0 Å². The Labute approximate surface area is 126 Å². The van der Waals surface area contributed by atoms with Crippen molar-refractivity contribution in [2.75, 3.05) is 11.4 Å². The van der Waals surface area contributed by atoms with Gasteiger partial charge in [-0.15, -0.1) is 0 Å². The van der Waals surface area contributed by atoms with Crippen LogP contribution in [0.25, 0.3) is 5.65 Å². The van der Waals surface area contributed by atoms with Crippen molar-refractivity contribution in [2.24, 2.45) is 0 Å². The number of alkyl halides is 5. The number of aromatic nitrogens is 3. The molecule has 23 heavy (non-hydrogen) atoms. The summed E-state index contributed by atoms with van der Waals surface area (Å²) < 4.78 is 66.5. The molecule has 0 saturated heterocycles. The van der Waals surface area contributed by atoms with E-state index in [1.54, 1.807) is 0 Å². The molecular weight excluding hydrogens is 323 g/mol. The normalized spacial score (nSPS) is 21.3. The minimum absolute atomic E-state index is 0.0287. The summed E-state index contributed by atoms with van der Waals surface area (Å²) in [6, 6.07) is 1.22. The quantitative estimate of drug-likeness (QED) is 0.639. The molecule has 1 aliphatic rings. The number of anilines is 1. The van der Waals surface area contributed by atoms with Crippen LogP contribution in [-0.2, 0) is 16.6 Å². The first-order valence-corrected chi connectivity index (χ1v) is 6.62. The summed E-state index contributed by atoms with van der Waals surface area (Å²) in [4.78, 5) is 15.9. The van der Waals surface area contributed by atoms with Gasteiger partial charge in [-0.1, -0.05) is 0 Å². The molecule has 2 aromatic rings. The van der Waals surface area contributed by atoms with Gasteiger partial charge in [-0.3, -0.25) is 4.79 Å². The number of hydrogen-bond donors (Lipinski definition) is 0. The lowest BCUT2D eigenvalue weighted by molar-refractivity contribution is -0.181. The molecule has 0 saturated carbocycles. The van der Waals surface area contributed by atoms with Crippen molar-refractivity contribution in [1.82, 2.24) is 14.6 Å². The number of amides is 1. The lowest BCUT2D eigenvalue weighted by Gasteiger charge is -2.27. The summed E-state index contributed by atoms with van der Waals surface area (Å²) in [5.41, 5.74) is -2.70. The molecule has 0 aromatic carbocycles. The Morgan fingerprint density at radius 3 is 2.70 bits per heavy atom. The molecule has 10 heteroatoms. The van der Waals surface area contributed by atoms with E-state index in [1.165, 1.54) is 6.07 Å². The van der Waals surface area contributed by atoms with Gasteiger partial charge < -0.3 is 4.90 Å². The second-order valence-corrected chi connectivity index (χ2v) is 5.56. The minimum Gasteiger partial charge on any atom is -0.311 e. The first-order valence-electron chi connectivity index (χ1n) is 6.62. The van der Waals surface area contributed by atoms with Gasteiger partial charge in [0, 0.05) is 12.6 Å². The van der Waals surface area contributed by atoms with Gasteiger partial charge >= 0.3 is 6.18 Å². The monoisotopic (exact) mass is 334 g/mol. The maximum atomic E-state index is 13.6. The third-order valence-electron chi connectivity index (χ3n) is 3.95. The molecular formula is C13H11F5N4O. The molecule has 0 radical (unpaired) electrons. The van der Waals surface area contributed by atoms with Gasteiger partial charge in [-0.05, 0) is 6.92 Å². The van der Waals surface area contributed by atoms with Crippen LogP contribution in [0.4, 0.5) is 27.6 Å². The lowest BCUT2D eigenvalue weighted by Crippen LogP contribution is -2.44. The van der Waals surface area contributed by atoms with Crippen LogP contribution < -0.4 is 4.90 Å². The zero-order chi connectivity index (χ0) is 17.0. The Morgan fingerprint density at radius 2 is 2.13 bits per heavy atom. The average molecular weight is 334 g/mol. The fourth-order valence-corrected chi connectivity index (χ4v) is 2.78. The fourth-order valence-electron chi connectivity index (χ4n) is 2.78. The number of fused-ring (bicyclic) bond motifs is 3. The molecule has 1 aliphatic heterocycles. The topological polar surface area (TPSA) is 50.5 Å². The molecule has 5 nitrogen and oxygen atoms in total. The largest absolute Gasteiger partial charge is 0.401 e. The second-order valence-electron chi connectivity index (χ2n) is 5.56. The Morgan fingerprint density at radius 1 is 1.43 bits per heavy atom. The van der Waals surface area contributed by atoms with Crippen LogP contribution >= 0.6 is 0 Å². The zero-order valence-corrected chi connectivity index (χ0v) is 11.8. The Bertz CT molecular complexity index is 772. The Kier molecular flexibility index (Phi) is 3.31. The first-order chi connectivity index (χ1) is 10.7. The molecule has 0 aliphatic carbocycles. The van der Waals surface area contributed by atoms with Crippen LogP contribution in [0.2, 0.25) is 0 Å². The molecule has 0 N–H and O–H groups in total. The van der Waals surface area contributed by atoms with Crippen molar-refractivity contribution in [2.45, 2.75) is 31.4 Å². The SMILES string of the molecule is CC1(C(F)(F)F)CN(C=O)c2cnc3cc(CC(F)F)nn3c21. The van der Waals surface area contributed by atoms with E-state index in [9.17, 15) is 26.7 Å². The summed E-state index contributed by atoms with van der Waals surface area (Å²) >= 11 is 0. The highest BCUT2D eigenvalue weighted by Crippen LogP contribution is 2.49. The minimum atomic E-state index is -4.65. The first kappa shape index (κ1) is 15.6. The number of hydrogen-bond acceptors (Lipinski definition) is 3. The van der Waals surface area contributed by atoms with E-state index in [0.717, 1.165) is 22.5 Å². The van der Waals surface area contributed by atoms with Crippen molar-refractivity contribution < 1.29 is 26.7 Å². The third-order valence-corrected chi connectivity index (χ3v) is 3.95. The third kappa shape index (κ3) is 2.23. The highest BCUT2D eigenvalue weighted by Gasteiger charge is 2.59. The van der Waals surface area contributed by atoms with E-state index in [2.05, 4.69) is 10.1 Å². The maximum absolute atomic E-state index is 13.6. The van der Waals surface area contributed by atoms with Gasteiger partial charge in [0.2, 0.25) is 12.8 Å². The second kappa shape index (κ2) is 4.87. The van der Waals surface area contributed by atoms with E-state index >= 15 is 0 Å². The molecule has 1 unspecified atom stereocenters. The standard InChI is InChI=1S/C13H11F5N4O/c1-12(13(16,17)18)5-21(6-23)8-4-19-10-3-7(2-9(14)15)20-22(10)11(8)12/h3-4,6,9H,2,5H2,1H3. The Hall–Kier alpha value is -2.26. The van der Waals surface area contributed by atoms with E-state index in [0.29, 0.717) is 0 Å². The highest BCUT2D eigenvalue weighted by atomic mass is 19.4. The van der Waals surface area contributed by atoms with Gasteiger partial charge in [-0.25, -0.2) is 18.3 Å². The maximum Gasteiger partial charge on any atom is 0.401 e. The van der Waals surface area contributed by atoms with Crippen molar-refractivity contribution in [3.8, 4) is 0 Å². The summed E-state index contributed by atoms with van der Waals surface area (Å²) in [6.45, 7) is 0.337. The van der Waals surface area contributed by atoms with Gasteiger partial charge in [0.15, 0.2) is 5.65 Å². The molecule has 124 valence electrons. The molecule has 1 amide bonds. The number of carbonyl (C=O) groups excluding carboxylic acids is 1. The van der Waals surface area contributed by atoms with E-state index < -0.39 is 31.0 Å². The van der Waals surface area contributed by atoms with Gasteiger partial charge in [0.1, 0.15) is 5.41 Å². The van der Waals surface area contributed by atoms with Crippen LogP contribution in [0.5, 0.6) is 0 Å². The van der Waals surface area contributed by atoms with Crippen LogP contribution in [0.15, 0.2) is 12.3 Å². The van der Waals surface area contributed by atoms with Gasteiger partial charge in [0.25, 0.3) is 0 Å². The van der Waals surface area contributed by atoms with Gasteiger partial charge in [-0.2, -0.15) is 18.3 Å². The van der Waals surface area contributed by atoms with Crippen LogP contribution in [-0.4, -0.2) is 40.2 Å². The molecule has 0 spiro atoms. The fraction of sp³-hybridized carbons (Fsp3) is 0.462. The van der Waals surface area contributed by atoms with Gasteiger partial charge in [0.05, 0.1) is 29.7 Å². The van der Waals surface area contributed by atoms with E-state index in [4.69, 9.17) is 0 Å². The molecule has 0 fully saturated rings. The summed E-state index contributed by atoms with van der Waals surface area (Å²) in [5.74, 6) is 0. The van der Waals surface area contributed by atoms with E-state index in [1.807, 2.05) is 0 Å². The average Bonchev–Trinajstić information content (AvgIpc) is 2.95. The van der Waals surface area contributed by atoms with Crippen LogP contribution in [0, 0.1) is 0 Å². The summed E-state index contributed by atoms with van der Waals surface area (Å²) in [7, 11) is 0. The van der Waals surface area contributed by atoms with Crippen LogP contribution in [0.3, 0.4) is 0 Å². The van der Waals surface area contributed by atoms with E-state index in [-0.39, 0.29) is 29.1 Å². The van der Waals surface area contributed by atoms with Crippen LogP contribution in [0.1, 0.15) is 18.3 Å². The lowest BCUT2D eigenvalue weighted by atomic mass is 9.88. The number of nitrogens with zero attached hydrogens (tertiary/aromatic N) is 4. The summed E-state index contributed by atoms with van der Waals surface area (Å²) in [5, 5.41) is 3.83. The Balaban J connectivity index is 2.26. The highest BCUT2D eigenvalue weighted by molar-refractivity contribution is 5.81. The molecule has 3 rings (SSSR count). The summed E-state index contributed by atoms with van der Waals surface area (Å²) in [6.07, 6.45) is -6.59. The molecule has 2 aromatic heterocycles. The molecule has 1 atom stereocenters. The predicted octanol–water partition coefficient (Wildman–Crippen LogP) is 2.33. The smallest absolute Gasteiger partial charge is 0.311 e. The zero-order valence-electron chi connectivity index (χ0n) is 11.8. The molecule has 3 heterocycles. The van der Waals surface area contributed by atoms with Crippen molar-refractivity contribution >= 4 is 17.7 Å². The number of halogens is 5. The van der Waals surface area contributed by atoms with Crippen molar-refractivity contribution in [3.05, 3.63) is 23.7 Å².